The van der Waals surface area contributed by atoms with Gasteiger partial charge in [0.25, 0.3) is 0 Å². The fourth-order valence-corrected chi connectivity index (χ4v) is 6.36. The van der Waals surface area contributed by atoms with Crippen molar-refractivity contribution in [2.45, 2.75) is 163 Å². The molecule has 0 saturated heterocycles. The summed E-state index contributed by atoms with van der Waals surface area (Å²) in [7, 11) is 0. The van der Waals surface area contributed by atoms with Gasteiger partial charge in [-0.05, 0) is 64.5 Å². The second-order valence-corrected chi connectivity index (χ2v) is 12.9. The van der Waals surface area contributed by atoms with Crippen LogP contribution >= 0.6 is 0 Å². The Labute approximate surface area is 265 Å². The van der Waals surface area contributed by atoms with E-state index in [2.05, 4.69) is 24.2 Å². The third-order valence-electron chi connectivity index (χ3n) is 9.12. The lowest BCUT2D eigenvalue weighted by Crippen LogP contribution is -2.37. The van der Waals surface area contributed by atoms with Crippen LogP contribution in [0.4, 0.5) is 0 Å². The normalized spacial score (nSPS) is 16.0. The molecule has 8 heteroatoms. The molecule has 0 spiro atoms. The molecule has 0 N–H and O–H groups in total. The molecule has 0 amide bonds. The highest BCUT2D eigenvalue weighted by atomic mass is 16.5. The Morgan fingerprint density at radius 3 is 2.07 bits per heavy atom. The van der Waals surface area contributed by atoms with Gasteiger partial charge in [-0.25, -0.2) is 9.48 Å². The molecule has 2 aromatic rings. The molecule has 1 atom stereocenters. The van der Waals surface area contributed by atoms with Gasteiger partial charge in [0.05, 0.1) is 19.3 Å². The lowest BCUT2D eigenvalue weighted by Gasteiger charge is -2.38. The monoisotopic (exact) mass is 611 g/mol. The third-order valence-corrected chi connectivity index (χ3v) is 9.12. The van der Waals surface area contributed by atoms with E-state index >= 15 is 0 Å². The molecule has 0 saturated carbocycles. The van der Waals surface area contributed by atoms with Crippen LogP contribution in [-0.2, 0) is 22.5 Å². The number of hydrogen-bond acceptors (Lipinski definition) is 7. The van der Waals surface area contributed by atoms with Crippen LogP contribution in [0.5, 0.6) is 11.5 Å². The Hall–Kier alpha value is -2.90. The van der Waals surface area contributed by atoms with E-state index in [1.165, 1.54) is 101 Å². The molecule has 44 heavy (non-hydrogen) atoms. The molecule has 1 unspecified atom stereocenters. The van der Waals surface area contributed by atoms with E-state index in [0.717, 1.165) is 53.7 Å². The third kappa shape index (κ3) is 10.3. The van der Waals surface area contributed by atoms with Crippen LogP contribution in [0.3, 0.4) is 0 Å². The summed E-state index contributed by atoms with van der Waals surface area (Å²) in [6.07, 6.45) is 23.0. The molecule has 246 valence electrons. The molecular weight excluding hydrogens is 554 g/mol. The minimum absolute atomic E-state index is 0.221. The van der Waals surface area contributed by atoms with Crippen LogP contribution < -0.4 is 9.47 Å². The van der Waals surface area contributed by atoms with Gasteiger partial charge in [-0.2, -0.15) is 0 Å². The molecule has 1 aliphatic rings. The van der Waals surface area contributed by atoms with Crippen molar-refractivity contribution < 1.29 is 23.8 Å². The van der Waals surface area contributed by atoms with Crippen molar-refractivity contribution in [1.29, 1.82) is 0 Å². The van der Waals surface area contributed by atoms with E-state index in [-0.39, 0.29) is 24.4 Å². The second kappa shape index (κ2) is 18.2. The summed E-state index contributed by atoms with van der Waals surface area (Å²) in [6.45, 7) is 12.1. The number of aromatic nitrogens is 3. The van der Waals surface area contributed by atoms with Gasteiger partial charge >= 0.3 is 11.9 Å². The Balaban J connectivity index is 1.57. The highest BCUT2D eigenvalue weighted by Gasteiger charge is 2.36. The number of rotatable bonds is 20. The summed E-state index contributed by atoms with van der Waals surface area (Å²) >= 11 is 0. The molecule has 1 aliphatic heterocycles. The standard InChI is InChI=1S/C36H57N3O5/c1-7-9-10-11-12-13-14-15-16-17-18-19-20-21-23-36(6)24-22-30-31(26-39-32(25-37-38-39)35(41)42-8-2)33(43-29(5)40)27(3)28(4)34(30)44-36/h25H,7-24,26H2,1-6H3. The number of carbonyl (C=O) groups excluding carboxylic acids is 2. The lowest BCUT2D eigenvalue weighted by atomic mass is 9.84. The van der Waals surface area contributed by atoms with Crippen molar-refractivity contribution in [3.8, 4) is 11.5 Å². The van der Waals surface area contributed by atoms with Gasteiger partial charge in [0.15, 0.2) is 5.69 Å². The molecule has 0 radical (unpaired) electrons. The quantitative estimate of drug-likeness (QED) is 0.0838. The van der Waals surface area contributed by atoms with E-state index in [4.69, 9.17) is 14.2 Å². The van der Waals surface area contributed by atoms with Gasteiger partial charge in [0.1, 0.15) is 17.1 Å². The average molecular weight is 612 g/mol. The zero-order valence-corrected chi connectivity index (χ0v) is 28.4. The first-order valence-electron chi connectivity index (χ1n) is 17.3. The van der Waals surface area contributed by atoms with Gasteiger partial charge in [-0.15, -0.1) is 5.10 Å². The maximum absolute atomic E-state index is 12.5. The van der Waals surface area contributed by atoms with E-state index in [9.17, 15) is 9.59 Å². The number of nitrogens with zero attached hydrogens (tertiary/aromatic N) is 3. The molecule has 0 bridgehead atoms. The first kappa shape index (κ1) is 35.6. The average Bonchev–Trinajstić information content (AvgIpc) is 3.46. The maximum Gasteiger partial charge on any atom is 0.358 e. The molecule has 1 aromatic carbocycles. The molecule has 0 aliphatic carbocycles. The highest BCUT2D eigenvalue weighted by Crippen LogP contribution is 2.45. The number of fused-ring (bicyclic) bond motifs is 1. The Bertz CT molecular complexity index is 1210. The topological polar surface area (TPSA) is 92.5 Å². The van der Waals surface area contributed by atoms with Crippen molar-refractivity contribution in [3.63, 3.8) is 0 Å². The summed E-state index contributed by atoms with van der Waals surface area (Å²) in [5.74, 6) is 0.502. The Morgan fingerprint density at radius 1 is 0.909 bits per heavy atom. The number of esters is 2. The molecule has 0 fully saturated rings. The first-order chi connectivity index (χ1) is 21.2. The number of carbonyl (C=O) groups is 2. The summed E-state index contributed by atoms with van der Waals surface area (Å²) in [4.78, 5) is 24.6. The van der Waals surface area contributed by atoms with Crippen LogP contribution in [0.25, 0.3) is 0 Å². The van der Waals surface area contributed by atoms with Crippen molar-refractivity contribution in [3.05, 3.63) is 34.1 Å². The van der Waals surface area contributed by atoms with Crippen LogP contribution in [0.1, 0.15) is 163 Å². The minimum Gasteiger partial charge on any atom is -0.487 e. The predicted molar refractivity (Wildman–Crippen MR) is 175 cm³/mol. The summed E-state index contributed by atoms with van der Waals surface area (Å²) < 4.78 is 19.3. The van der Waals surface area contributed by atoms with Crippen LogP contribution in [0.2, 0.25) is 0 Å². The zero-order chi connectivity index (χ0) is 32.0. The van der Waals surface area contributed by atoms with Gasteiger partial charge in [-0.3, -0.25) is 4.79 Å². The summed E-state index contributed by atoms with van der Waals surface area (Å²) in [5.41, 5.74) is 3.65. The van der Waals surface area contributed by atoms with Gasteiger partial charge < -0.3 is 14.2 Å². The van der Waals surface area contributed by atoms with Crippen LogP contribution in [0, 0.1) is 13.8 Å². The lowest BCUT2D eigenvalue weighted by molar-refractivity contribution is -0.132. The van der Waals surface area contributed by atoms with E-state index < -0.39 is 11.9 Å². The van der Waals surface area contributed by atoms with Crippen molar-refractivity contribution >= 4 is 11.9 Å². The van der Waals surface area contributed by atoms with Crippen molar-refractivity contribution in [2.24, 2.45) is 0 Å². The zero-order valence-electron chi connectivity index (χ0n) is 28.4. The van der Waals surface area contributed by atoms with E-state index in [0.29, 0.717) is 5.75 Å². The number of benzene rings is 1. The number of hydrogen-bond donors (Lipinski definition) is 0. The number of ether oxygens (including phenoxy) is 3. The van der Waals surface area contributed by atoms with E-state index in [1.54, 1.807) is 6.92 Å². The molecule has 2 heterocycles. The molecule has 1 aromatic heterocycles. The Kier molecular flexibility index (Phi) is 14.7. The maximum atomic E-state index is 12.5. The minimum atomic E-state index is -0.485. The van der Waals surface area contributed by atoms with Crippen molar-refractivity contribution in [1.82, 2.24) is 15.0 Å². The largest absolute Gasteiger partial charge is 0.487 e. The predicted octanol–water partition coefficient (Wildman–Crippen LogP) is 9.00. The van der Waals surface area contributed by atoms with Gasteiger partial charge in [0.2, 0.25) is 0 Å². The first-order valence-corrected chi connectivity index (χ1v) is 17.3. The fraction of sp³-hybridized carbons (Fsp3) is 0.722. The molecule has 3 rings (SSSR count). The molecule has 8 nitrogen and oxygen atoms in total. The highest BCUT2D eigenvalue weighted by molar-refractivity contribution is 5.87. The van der Waals surface area contributed by atoms with Crippen molar-refractivity contribution in [2.75, 3.05) is 6.61 Å². The summed E-state index contributed by atoms with van der Waals surface area (Å²) in [6, 6.07) is 0. The smallest absolute Gasteiger partial charge is 0.358 e. The fourth-order valence-electron chi connectivity index (χ4n) is 6.36. The van der Waals surface area contributed by atoms with Crippen LogP contribution in [0.15, 0.2) is 6.20 Å². The SMILES string of the molecule is CCCCCCCCCCCCCCCCC1(C)CCc2c(Cn3nncc3C(=O)OCC)c(OC(C)=O)c(C)c(C)c2O1. The molecular formula is C36H57N3O5. The van der Waals surface area contributed by atoms with Gasteiger partial charge in [-0.1, -0.05) is 95.6 Å². The second-order valence-electron chi connectivity index (χ2n) is 12.9. The van der Waals surface area contributed by atoms with Gasteiger partial charge in [0, 0.05) is 18.1 Å². The summed E-state index contributed by atoms with van der Waals surface area (Å²) in [5, 5.41) is 8.10. The van der Waals surface area contributed by atoms with E-state index in [1.807, 2.05) is 13.8 Å². The van der Waals surface area contributed by atoms with Crippen LogP contribution in [-0.4, -0.2) is 39.1 Å². The Morgan fingerprint density at radius 2 is 1.50 bits per heavy atom. The number of unbranched alkanes of at least 4 members (excludes halogenated alkanes) is 13.